The predicted octanol–water partition coefficient (Wildman–Crippen LogP) is 3.10. The van der Waals surface area contributed by atoms with Crippen molar-refractivity contribution in [2.24, 2.45) is 4.99 Å². The van der Waals surface area contributed by atoms with Crippen LogP contribution >= 0.6 is 0 Å². The molecule has 0 saturated heterocycles. The SMILES string of the molecule is COc1ccccc1NS(=O)(=O)c1ccc(N=Cc2c(O)n(-c3cccc(C)c3)c(=O)[nH]c2=O)cc1. The molecule has 0 aliphatic rings. The number of nitrogens with one attached hydrogen (secondary N) is 2. The molecule has 0 spiro atoms. The zero-order valence-electron chi connectivity index (χ0n) is 19.3. The van der Waals surface area contributed by atoms with Gasteiger partial charge in [-0.3, -0.25) is 19.5 Å². The maximum atomic E-state index is 12.8. The first-order chi connectivity index (χ1) is 17.2. The van der Waals surface area contributed by atoms with Crippen LogP contribution in [0.4, 0.5) is 11.4 Å². The van der Waals surface area contributed by atoms with Gasteiger partial charge in [0.15, 0.2) is 0 Å². The van der Waals surface area contributed by atoms with Crippen LogP contribution in [0.15, 0.2) is 92.3 Å². The number of hydrogen-bond acceptors (Lipinski definition) is 7. The Balaban J connectivity index is 1.62. The lowest BCUT2D eigenvalue weighted by Crippen LogP contribution is -2.31. The Kier molecular flexibility index (Phi) is 6.75. The smallest absolute Gasteiger partial charge is 0.335 e. The Morgan fingerprint density at radius 1 is 1.03 bits per heavy atom. The number of ether oxygens (including phenoxy) is 1. The quantitative estimate of drug-likeness (QED) is 0.329. The van der Waals surface area contributed by atoms with E-state index in [4.69, 9.17) is 4.74 Å². The average molecular weight is 507 g/mol. The lowest BCUT2D eigenvalue weighted by molar-refractivity contribution is 0.417. The molecule has 0 unspecified atom stereocenters. The number of anilines is 1. The molecule has 0 bridgehead atoms. The minimum atomic E-state index is -3.90. The van der Waals surface area contributed by atoms with Crippen molar-refractivity contribution < 1.29 is 18.3 Å². The van der Waals surface area contributed by atoms with Crippen LogP contribution < -0.4 is 20.7 Å². The number of methoxy groups -OCH3 is 1. The predicted molar refractivity (Wildman–Crippen MR) is 137 cm³/mol. The molecule has 0 atom stereocenters. The van der Waals surface area contributed by atoms with Crippen LogP contribution in [0.1, 0.15) is 11.1 Å². The largest absolute Gasteiger partial charge is 0.495 e. The Bertz CT molecular complexity index is 1670. The van der Waals surface area contributed by atoms with Crippen LogP contribution in [0.5, 0.6) is 11.6 Å². The molecule has 0 saturated carbocycles. The second-order valence-electron chi connectivity index (χ2n) is 7.73. The Hall–Kier alpha value is -4.64. The second-order valence-corrected chi connectivity index (χ2v) is 9.41. The van der Waals surface area contributed by atoms with E-state index in [1.54, 1.807) is 42.5 Å². The van der Waals surface area contributed by atoms with Crippen molar-refractivity contribution in [1.29, 1.82) is 0 Å². The third kappa shape index (κ3) is 5.05. The van der Waals surface area contributed by atoms with Gasteiger partial charge in [0.25, 0.3) is 15.6 Å². The molecule has 11 heteroatoms. The first kappa shape index (κ1) is 24.5. The Labute approximate surface area is 206 Å². The summed E-state index contributed by atoms with van der Waals surface area (Å²) in [5.74, 6) is -0.197. The number of nitrogens with zero attached hydrogens (tertiary/aromatic N) is 2. The van der Waals surface area contributed by atoms with Crippen LogP contribution in [-0.4, -0.2) is 36.4 Å². The molecule has 0 amide bonds. The van der Waals surface area contributed by atoms with Crippen molar-refractivity contribution in [3.63, 3.8) is 0 Å². The van der Waals surface area contributed by atoms with E-state index in [1.165, 1.54) is 31.4 Å². The van der Waals surface area contributed by atoms with Crippen LogP contribution in [0.2, 0.25) is 0 Å². The van der Waals surface area contributed by atoms with E-state index in [9.17, 15) is 23.1 Å². The van der Waals surface area contributed by atoms with Crippen LogP contribution in [0.3, 0.4) is 0 Å². The molecule has 4 rings (SSSR count). The first-order valence-corrected chi connectivity index (χ1v) is 12.1. The van der Waals surface area contributed by atoms with E-state index in [-0.39, 0.29) is 10.5 Å². The van der Waals surface area contributed by atoms with Gasteiger partial charge in [-0.05, 0) is 61.0 Å². The van der Waals surface area contributed by atoms with Crippen molar-refractivity contribution in [3.05, 3.63) is 105 Å². The molecule has 184 valence electrons. The van der Waals surface area contributed by atoms with Crippen LogP contribution in [0, 0.1) is 6.92 Å². The zero-order chi connectivity index (χ0) is 25.9. The summed E-state index contributed by atoms with van der Waals surface area (Å²) in [4.78, 5) is 31.0. The summed E-state index contributed by atoms with van der Waals surface area (Å²) in [5, 5.41) is 10.7. The maximum Gasteiger partial charge on any atom is 0.335 e. The molecule has 0 radical (unpaired) electrons. The van der Waals surface area contributed by atoms with E-state index in [0.29, 0.717) is 22.8 Å². The third-order valence-corrected chi connectivity index (χ3v) is 6.60. The number of rotatable bonds is 7. The number of aliphatic imine (C=N–C) groups is 1. The van der Waals surface area contributed by atoms with Crippen molar-refractivity contribution in [2.75, 3.05) is 11.8 Å². The number of benzene rings is 3. The number of aromatic hydroxyl groups is 1. The number of aromatic amines is 1. The summed E-state index contributed by atoms with van der Waals surface area (Å²) < 4.78 is 34.1. The van der Waals surface area contributed by atoms with Crippen molar-refractivity contribution in [1.82, 2.24) is 9.55 Å². The van der Waals surface area contributed by atoms with Crippen LogP contribution in [0.25, 0.3) is 5.69 Å². The lowest BCUT2D eigenvalue weighted by Gasteiger charge is -2.11. The fourth-order valence-corrected chi connectivity index (χ4v) is 4.51. The number of sulfonamides is 1. The Morgan fingerprint density at radius 2 is 1.75 bits per heavy atom. The van der Waals surface area contributed by atoms with Crippen molar-refractivity contribution >= 4 is 27.6 Å². The van der Waals surface area contributed by atoms with Gasteiger partial charge in [-0.25, -0.2) is 17.8 Å². The van der Waals surface area contributed by atoms with Gasteiger partial charge < -0.3 is 9.84 Å². The van der Waals surface area contributed by atoms with Gasteiger partial charge in [-0.15, -0.1) is 0 Å². The number of H-pyrrole nitrogens is 1. The van der Waals surface area contributed by atoms with Crippen molar-refractivity contribution in [3.8, 4) is 17.3 Å². The number of aryl methyl sites for hydroxylation is 1. The first-order valence-electron chi connectivity index (χ1n) is 10.6. The maximum absolute atomic E-state index is 12.8. The van der Waals surface area contributed by atoms with Gasteiger partial charge in [0.2, 0.25) is 5.88 Å². The van der Waals surface area contributed by atoms with Gasteiger partial charge in [-0.2, -0.15) is 0 Å². The Morgan fingerprint density at radius 3 is 2.44 bits per heavy atom. The average Bonchev–Trinajstić information content (AvgIpc) is 2.84. The number of aromatic nitrogens is 2. The van der Waals surface area contributed by atoms with E-state index in [1.807, 2.05) is 13.0 Å². The summed E-state index contributed by atoms with van der Waals surface area (Å²) in [7, 11) is -2.46. The summed E-state index contributed by atoms with van der Waals surface area (Å²) >= 11 is 0. The standard InChI is InChI=1S/C25H22N4O6S/c1-16-6-5-7-18(14-16)29-24(31)20(23(30)27-25(29)32)15-26-17-10-12-19(13-11-17)36(33,34)28-21-8-3-4-9-22(21)35-2/h3-15,28,31H,1-2H3,(H,27,30,32). The molecule has 0 fully saturated rings. The zero-order valence-corrected chi connectivity index (χ0v) is 20.1. The lowest BCUT2D eigenvalue weighted by atomic mass is 10.2. The monoisotopic (exact) mass is 506 g/mol. The van der Waals surface area contributed by atoms with Crippen LogP contribution in [-0.2, 0) is 10.0 Å². The molecular weight excluding hydrogens is 484 g/mol. The normalized spacial score (nSPS) is 11.5. The fourth-order valence-electron chi connectivity index (χ4n) is 3.44. The van der Waals surface area contributed by atoms with Gasteiger partial charge >= 0.3 is 5.69 Å². The highest BCUT2D eigenvalue weighted by Crippen LogP contribution is 2.27. The number of hydrogen-bond donors (Lipinski definition) is 3. The topological polar surface area (TPSA) is 143 Å². The summed E-state index contributed by atoms with van der Waals surface area (Å²) in [5.41, 5.74) is 0.00296. The minimum Gasteiger partial charge on any atom is -0.495 e. The van der Waals surface area contributed by atoms with Gasteiger partial charge in [-0.1, -0.05) is 24.3 Å². The van der Waals surface area contributed by atoms with E-state index < -0.39 is 27.2 Å². The number of para-hydroxylation sites is 2. The van der Waals surface area contributed by atoms with Crippen molar-refractivity contribution in [2.45, 2.75) is 11.8 Å². The highest BCUT2D eigenvalue weighted by Gasteiger charge is 2.17. The molecule has 1 aromatic heterocycles. The van der Waals surface area contributed by atoms with Gasteiger partial charge in [0, 0.05) is 6.21 Å². The van der Waals surface area contributed by atoms with Gasteiger partial charge in [0.05, 0.1) is 29.1 Å². The summed E-state index contributed by atoms with van der Waals surface area (Å²) in [6.07, 6.45) is 1.11. The van der Waals surface area contributed by atoms with E-state index >= 15 is 0 Å². The fraction of sp³-hybridized carbons (Fsp3) is 0.0800. The third-order valence-electron chi connectivity index (χ3n) is 5.22. The molecule has 36 heavy (non-hydrogen) atoms. The van der Waals surface area contributed by atoms with E-state index in [0.717, 1.165) is 16.3 Å². The summed E-state index contributed by atoms with van der Waals surface area (Å²) in [6, 6.07) is 19.0. The highest BCUT2D eigenvalue weighted by atomic mass is 32.2. The highest BCUT2D eigenvalue weighted by molar-refractivity contribution is 7.92. The second kappa shape index (κ2) is 9.92. The summed E-state index contributed by atoms with van der Waals surface area (Å²) in [6.45, 7) is 1.83. The molecule has 1 heterocycles. The van der Waals surface area contributed by atoms with E-state index in [2.05, 4.69) is 14.7 Å². The minimum absolute atomic E-state index is 0.0129. The molecule has 0 aliphatic heterocycles. The molecule has 3 N–H and O–H groups in total. The molecule has 10 nitrogen and oxygen atoms in total. The molecule has 0 aliphatic carbocycles. The van der Waals surface area contributed by atoms with Gasteiger partial charge in [0.1, 0.15) is 11.3 Å². The molecule has 3 aromatic carbocycles. The molecular formula is C25H22N4O6S. The molecule has 4 aromatic rings.